The second kappa shape index (κ2) is 15.4. The van der Waals surface area contributed by atoms with Crippen LogP contribution >= 0.6 is 23.2 Å². The summed E-state index contributed by atoms with van der Waals surface area (Å²) in [5.74, 6) is -1.77. The van der Waals surface area contributed by atoms with E-state index in [1.807, 2.05) is 13.0 Å². The molecule has 0 radical (unpaired) electrons. The molecule has 1 saturated heterocycles. The van der Waals surface area contributed by atoms with Crippen LogP contribution in [-0.4, -0.2) is 62.4 Å². The van der Waals surface area contributed by atoms with Crippen LogP contribution in [0.1, 0.15) is 68.3 Å². The highest BCUT2D eigenvalue weighted by Crippen LogP contribution is 2.60. The number of methoxy groups -OCH3 is 1. The van der Waals surface area contributed by atoms with Crippen LogP contribution in [0.3, 0.4) is 0 Å². The minimum absolute atomic E-state index is 0.0662. The van der Waals surface area contributed by atoms with Crippen LogP contribution in [0.4, 0.5) is 14.9 Å². The number of alkyl carbamates (subject to hydrolysis) is 1. The zero-order valence-electron chi connectivity index (χ0n) is 30.2. The van der Waals surface area contributed by atoms with Gasteiger partial charge >= 0.3 is 6.09 Å². The fourth-order valence-corrected chi connectivity index (χ4v) is 7.72. The number of carbonyl (C=O) groups is 3. The van der Waals surface area contributed by atoms with E-state index in [2.05, 4.69) is 37.2 Å². The first-order valence-corrected chi connectivity index (χ1v) is 21.0. The topological polar surface area (TPSA) is 97.0 Å². The largest absolute Gasteiger partial charge is 0.444 e. The SMILES string of the molecule is COC(C)[Si](C)(C)C.Cc1ccc(F)cc1C1CC(=O)N(CCNC(=O)OC(C)(C)C)C(c2cccc(Cl)c2)C12C(=O)Nc1cc(Cl)ccc12. The summed E-state index contributed by atoms with van der Waals surface area (Å²) in [6.07, 6.45) is -0.684. The molecule has 8 nitrogen and oxygen atoms in total. The molecule has 5 rings (SSSR count). The van der Waals surface area contributed by atoms with E-state index in [-0.39, 0.29) is 31.3 Å². The van der Waals surface area contributed by atoms with Crippen molar-refractivity contribution in [1.82, 2.24) is 10.2 Å². The van der Waals surface area contributed by atoms with Gasteiger partial charge < -0.3 is 25.0 Å². The third kappa shape index (κ3) is 8.53. The molecule has 0 saturated carbocycles. The molecule has 0 aliphatic carbocycles. The second-order valence-electron chi connectivity index (χ2n) is 15.0. The van der Waals surface area contributed by atoms with Gasteiger partial charge in [-0.1, -0.05) is 67.1 Å². The van der Waals surface area contributed by atoms with Crippen molar-refractivity contribution >= 4 is 54.9 Å². The molecule has 2 heterocycles. The number of benzene rings is 3. The van der Waals surface area contributed by atoms with Crippen molar-refractivity contribution in [1.29, 1.82) is 0 Å². The normalized spacial score (nSPS) is 20.8. The van der Waals surface area contributed by atoms with Crippen molar-refractivity contribution < 1.29 is 28.2 Å². The Hall–Kier alpha value is -3.44. The Morgan fingerprint density at radius 3 is 2.36 bits per heavy atom. The fraction of sp³-hybridized carbons (Fsp3) is 0.447. The van der Waals surface area contributed by atoms with E-state index in [0.717, 1.165) is 5.56 Å². The number of hydrogen-bond donors (Lipinski definition) is 2. The predicted molar refractivity (Wildman–Crippen MR) is 200 cm³/mol. The number of likely N-dealkylation sites (tertiary alicyclic amines) is 1. The van der Waals surface area contributed by atoms with Crippen LogP contribution in [0.5, 0.6) is 0 Å². The van der Waals surface area contributed by atoms with Gasteiger partial charge in [-0.05, 0) is 93.3 Å². The van der Waals surface area contributed by atoms with E-state index >= 15 is 0 Å². The molecule has 2 aliphatic rings. The summed E-state index contributed by atoms with van der Waals surface area (Å²) in [5, 5.41) is 6.59. The third-order valence-corrected chi connectivity index (χ3v) is 12.6. The van der Waals surface area contributed by atoms with Gasteiger partial charge in [0, 0.05) is 54.0 Å². The molecular weight excluding hydrogens is 696 g/mol. The summed E-state index contributed by atoms with van der Waals surface area (Å²) >= 11 is 12.8. The highest BCUT2D eigenvalue weighted by molar-refractivity contribution is 6.77. The molecule has 0 bridgehead atoms. The standard InChI is InChI=1S/C32H32Cl2FN3O4.C6H16OSi/c1-18-8-10-22(35)16-23(18)25-17-27(39)38(13-12-36-30(41)42-31(2,3)4)28(19-6-5-7-20(33)14-19)32(25)24-11-9-21(34)15-26(24)37-29(32)40;1-6(7-2)8(3,4)5/h5-11,14-16,25,28H,12-13,17H2,1-4H3,(H,36,41)(H,37,40);6H,1-5H3. The van der Waals surface area contributed by atoms with Crippen LogP contribution in [-0.2, 0) is 24.5 Å². The number of fused-ring (bicyclic) bond motifs is 2. The molecular formula is C38H48Cl2FN3O5Si. The summed E-state index contributed by atoms with van der Waals surface area (Å²) in [7, 11) is 0.798. The first kappa shape index (κ1) is 39.3. The van der Waals surface area contributed by atoms with Crippen molar-refractivity contribution in [2.75, 3.05) is 25.5 Å². The number of nitrogens with zero attached hydrogens (tertiary/aromatic N) is 1. The van der Waals surface area contributed by atoms with Gasteiger partial charge in [-0.15, -0.1) is 0 Å². The first-order chi connectivity index (χ1) is 23.3. The van der Waals surface area contributed by atoms with E-state index < -0.39 is 43.0 Å². The Kier molecular flexibility index (Phi) is 12.1. The van der Waals surface area contributed by atoms with Crippen molar-refractivity contribution in [2.24, 2.45) is 0 Å². The number of aryl methyl sites for hydroxylation is 1. The van der Waals surface area contributed by atoms with Gasteiger partial charge in [0.25, 0.3) is 0 Å². The maximum atomic E-state index is 14.7. The Bertz CT molecular complexity index is 1740. The number of nitrogens with one attached hydrogen (secondary N) is 2. The number of rotatable bonds is 7. The summed E-state index contributed by atoms with van der Waals surface area (Å²) in [4.78, 5) is 42.5. The molecule has 4 unspecified atom stereocenters. The molecule has 4 atom stereocenters. The smallest absolute Gasteiger partial charge is 0.407 e. The number of amides is 3. The third-order valence-electron chi connectivity index (χ3n) is 9.42. The number of piperidine rings is 1. The zero-order valence-corrected chi connectivity index (χ0v) is 32.8. The number of carbonyl (C=O) groups excluding carboxylic acids is 3. The average molecular weight is 745 g/mol. The molecule has 0 aromatic heterocycles. The Morgan fingerprint density at radius 2 is 1.76 bits per heavy atom. The van der Waals surface area contributed by atoms with E-state index in [4.69, 9.17) is 32.7 Å². The van der Waals surface area contributed by atoms with Crippen molar-refractivity contribution in [3.8, 4) is 0 Å². The molecule has 1 fully saturated rings. The van der Waals surface area contributed by atoms with Gasteiger partial charge in [0.1, 0.15) is 16.8 Å². The predicted octanol–water partition coefficient (Wildman–Crippen LogP) is 8.81. The van der Waals surface area contributed by atoms with Crippen LogP contribution in [0, 0.1) is 12.7 Å². The van der Waals surface area contributed by atoms with Crippen molar-refractivity contribution in [3.05, 3.63) is 98.8 Å². The molecule has 2 N–H and O–H groups in total. The first-order valence-electron chi connectivity index (χ1n) is 16.7. The fourth-order valence-electron chi connectivity index (χ4n) is 6.64. The molecule has 270 valence electrons. The molecule has 1 spiro atoms. The summed E-state index contributed by atoms with van der Waals surface area (Å²) in [5.41, 5.74) is 1.55. The highest BCUT2D eigenvalue weighted by Gasteiger charge is 2.63. The summed E-state index contributed by atoms with van der Waals surface area (Å²) in [6, 6.07) is 15.8. The minimum atomic E-state index is -1.37. The van der Waals surface area contributed by atoms with Crippen molar-refractivity contribution in [2.45, 2.75) is 89.4 Å². The van der Waals surface area contributed by atoms with E-state index in [9.17, 15) is 18.8 Å². The minimum Gasteiger partial charge on any atom is -0.444 e. The molecule has 3 amide bonds. The summed E-state index contributed by atoms with van der Waals surface area (Å²) < 4.78 is 25.3. The highest BCUT2D eigenvalue weighted by atomic mass is 35.5. The number of halogens is 3. The van der Waals surface area contributed by atoms with Crippen LogP contribution in [0.15, 0.2) is 60.7 Å². The molecule has 12 heteroatoms. The van der Waals surface area contributed by atoms with Gasteiger partial charge in [0.2, 0.25) is 11.8 Å². The number of ether oxygens (including phenoxy) is 2. The zero-order chi connectivity index (χ0) is 37.2. The monoisotopic (exact) mass is 743 g/mol. The Labute approximate surface area is 306 Å². The van der Waals surface area contributed by atoms with E-state index in [0.29, 0.717) is 38.2 Å². The molecule has 3 aromatic rings. The second-order valence-corrected chi connectivity index (χ2v) is 21.4. The van der Waals surface area contributed by atoms with Gasteiger partial charge in [0.15, 0.2) is 0 Å². The molecule has 50 heavy (non-hydrogen) atoms. The van der Waals surface area contributed by atoms with Crippen molar-refractivity contribution in [3.63, 3.8) is 0 Å². The molecule has 2 aliphatic heterocycles. The van der Waals surface area contributed by atoms with Gasteiger partial charge in [-0.2, -0.15) is 0 Å². The van der Waals surface area contributed by atoms with Gasteiger partial charge in [-0.25, -0.2) is 9.18 Å². The Morgan fingerprint density at radius 1 is 1.08 bits per heavy atom. The lowest BCUT2D eigenvalue weighted by atomic mass is 9.58. The van der Waals surface area contributed by atoms with Crippen LogP contribution < -0.4 is 10.6 Å². The lowest BCUT2D eigenvalue weighted by molar-refractivity contribution is -0.145. The van der Waals surface area contributed by atoms with E-state index in [1.54, 1.807) is 75.2 Å². The van der Waals surface area contributed by atoms with E-state index in [1.165, 1.54) is 12.1 Å². The lowest BCUT2D eigenvalue weighted by Crippen LogP contribution is -2.59. The number of hydrogen-bond acceptors (Lipinski definition) is 5. The van der Waals surface area contributed by atoms with Crippen LogP contribution in [0.25, 0.3) is 0 Å². The Balaban J connectivity index is 0.000000627. The maximum Gasteiger partial charge on any atom is 0.407 e. The van der Waals surface area contributed by atoms with Gasteiger partial charge in [0.05, 0.1) is 14.1 Å². The average Bonchev–Trinajstić information content (AvgIpc) is 3.29. The number of anilines is 1. The quantitative estimate of drug-likeness (QED) is 0.236. The maximum absolute atomic E-state index is 14.7. The van der Waals surface area contributed by atoms with Crippen LogP contribution in [0.2, 0.25) is 29.7 Å². The molecule has 3 aromatic carbocycles. The summed E-state index contributed by atoms with van der Waals surface area (Å²) in [6.45, 7) is 16.3. The lowest BCUT2D eigenvalue weighted by Gasteiger charge is -2.52. The van der Waals surface area contributed by atoms with Gasteiger partial charge in [-0.3, -0.25) is 9.59 Å².